The van der Waals surface area contributed by atoms with Crippen molar-refractivity contribution in [3.05, 3.63) is 64.4 Å². The molecule has 26 heavy (non-hydrogen) atoms. The lowest BCUT2D eigenvalue weighted by Gasteiger charge is -2.17. The highest BCUT2D eigenvalue weighted by Crippen LogP contribution is 2.25. The highest BCUT2D eigenvalue weighted by atomic mass is 16.6. The molecule has 1 amide bonds. The molecule has 1 atom stereocenters. The first-order valence-corrected chi connectivity index (χ1v) is 7.88. The minimum atomic E-state index is -0.508. The van der Waals surface area contributed by atoms with Gasteiger partial charge in [0.15, 0.2) is 5.76 Å². The number of aromatic nitrogens is 2. The first-order valence-electron chi connectivity index (χ1n) is 7.88. The number of benzene rings is 1. The van der Waals surface area contributed by atoms with Crippen LogP contribution in [0.3, 0.4) is 0 Å². The van der Waals surface area contributed by atoms with E-state index >= 15 is 0 Å². The van der Waals surface area contributed by atoms with E-state index in [9.17, 15) is 14.9 Å². The molecule has 0 aliphatic rings. The van der Waals surface area contributed by atoms with Crippen LogP contribution in [0.15, 0.2) is 51.6 Å². The number of nitro benzene ring substituents is 1. The number of carbonyl (C=O) groups excluding carboxylic acids is 1. The molecule has 0 radical (unpaired) electrons. The van der Waals surface area contributed by atoms with E-state index in [1.165, 1.54) is 18.4 Å². The Morgan fingerprint density at radius 3 is 2.54 bits per heavy atom. The van der Waals surface area contributed by atoms with Gasteiger partial charge in [-0.25, -0.2) is 0 Å². The van der Waals surface area contributed by atoms with Gasteiger partial charge in [0, 0.05) is 17.7 Å². The average Bonchev–Trinajstić information content (AvgIpc) is 3.31. The van der Waals surface area contributed by atoms with E-state index in [0.29, 0.717) is 5.56 Å². The molecule has 0 saturated carbocycles. The van der Waals surface area contributed by atoms with E-state index in [2.05, 4.69) is 15.5 Å². The Balaban J connectivity index is 1.81. The van der Waals surface area contributed by atoms with Crippen LogP contribution in [0.4, 0.5) is 5.69 Å². The summed E-state index contributed by atoms with van der Waals surface area (Å²) in [6, 6.07) is 8.49. The lowest BCUT2D eigenvalue weighted by Crippen LogP contribution is -2.31. The number of hydrogen-bond donors (Lipinski definition) is 1. The number of carbonyl (C=O) groups is 1. The van der Waals surface area contributed by atoms with Gasteiger partial charge in [-0.05, 0) is 30.2 Å². The minimum Gasteiger partial charge on any atom is -0.459 e. The van der Waals surface area contributed by atoms with Crippen LogP contribution in [0.25, 0.3) is 11.4 Å². The predicted molar refractivity (Wildman–Crippen MR) is 90.1 cm³/mol. The molecule has 9 nitrogen and oxygen atoms in total. The fraction of sp³-hybridized carbons (Fsp3) is 0.235. The van der Waals surface area contributed by atoms with E-state index in [4.69, 9.17) is 8.94 Å². The summed E-state index contributed by atoms with van der Waals surface area (Å²) < 4.78 is 10.4. The van der Waals surface area contributed by atoms with Crippen molar-refractivity contribution in [2.75, 3.05) is 0 Å². The summed E-state index contributed by atoms with van der Waals surface area (Å²) in [5, 5.41) is 17.4. The van der Waals surface area contributed by atoms with Gasteiger partial charge in [0.1, 0.15) is 6.04 Å². The summed E-state index contributed by atoms with van der Waals surface area (Å²) >= 11 is 0. The Kier molecular flexibility index (Phi) is 4.78. The van der Waals surface area contributed by atoms with Gasteiger partial charge in [-0.2, -0.15) is 4.98 Å². The van der Waals surface area contributed by atoms with Crippen LogP contribution in [0.1, 0.15) is 36.3 Å². The lowest BCUT2D eigenvalue weighted by molar-refractivity contribution is -0.384. The van der Waals surface area contributed by atoms with Crippen molar-refractivity contribution >= 4 is 11.6 Å². The Labute approximate surface area is 148 Å². The first kappa shape index (κ1) is 17.3. The second-order valence-electron chi connectivity index (χ2n) is 5.93. The summed E-state index contributed by atoms with van der Waals surface area (Å²) in [5.74, 6) is 0.315. The maximum absolute atomic E-state index is 12.2. The molecule has 9 heteroatoms. The van der Waals surface area contributed by atoms with Gasteiger partial charge in [0.25, 0.3) is 11.6 Å². The lowest BCUT2D eigenvalue weighted by atomic mass is 10.0. The molecule has 0 aliphatic heterocycles. The van der Waals surface area contributed by atoms with Crippen molar-refractivity contribution < 1.29 is 18.7 Å². The van der Waals surface area contributed by atoms with Gasteiger partial charge >= 0.3 is 0 Å². The van der Waals surface area contributed by atoms with Crippen LogP contribution in [-0.2, 0) is 0 Å². The van der Waals surface area contributed by atoms with Crippen molar-refractivity contribution in [1.82, 2.24) is 15.5 Å². The molecule has 0 fully saturated rings. The van der Waals surface area contributed by atoms with Gasteiger partial charge in [-0.15, -0.1) is 0 Å². The molecule has 0 spiro atoms. The van der Waals surface area contributed by atoms with Gasteiger partial charge in [0.2, 0.25) is 11.7 Å². The van der Waals surface area contributed by atoms with Crippen molar-refractivity contribution in [2.45, 2.75) is 19.9 Å². The number of non-ortho nitro benzene ring substituents is 1. The van der Waals surface area contributed by atoms with Crippen LogP contribution in [0.2, 0.25) is 0 Å². The van der Waals surface area contributed by atoms with Gasteiger partial charge in [-0.1, -0.05) is 19.0 Å². The summed E-state index contributed by atoms with van der Waals surface area (Å²) in [7, 11) is 0. The third-order valence-electron chi connectivity index (χ3n) is 3.74. The zero-order valence-electron chi connectivity index (χ0n) is 14.1. The standard InChI is InChI=1S/C17H16N4O5/c1-10(2)14(18-16(22)13-4-3-9-25-13)17-19-15(20-26-17)11-5-7-12(8-6-11)21(23)24/h3-10,14H,1-2H3,(H,18,22). The van der Waals surface area contributed by atoms with Gasteiger partial charge in [0.05, 0.1) is 11.2 Å². The predicted octanol–water partition coefficient (Wildman–Crippen LogP) is 3.36. The number of nitro groups is 1. The Hall–Kier alpha value is -3.49. The molecule has 1 N–H and O–H groups in total. The summed E-state index contributed by atoms with van der Waals surface area (Å²) in [4.78, 5) is 26.8. The molecule has 0 aliphatic carbocycles. The molecule has 1 aromatic carbocycles. The van der Waals surface area contributed by atoms with Crippen molar-refractivity contribution in [3.8, 4) is 11.4 Å². The molecule has 0 bridgehead atoms. The molecular weight excluding hydrogens is 340 g/mol. The average molecular weight is 356 g/mol. The third kappa shape index (κ3) is 3.61. The summed E-state index contributed by atoms with van der Waals surface area (Å²) in [5.41, 5.74) is 0.550. The smallest absolute Gasteiger partial charge is 0.287 e. The second-order valence-corrected chi connectivity index (χ2v) is 5.93. The van der Waals surface area contributed by atoms with Crippen molar-refractivity contribution in [2.24, 2.45) is 5.92 Å². The van der Waals surface area contributed by atoms with E-state index in [1.807, 2.05) is 13.8 Å². The molecular formula is C17H16N4O5. The normalized spacial score (nSPS) is 12.1. The number of hydrogen-bond acceptors (Lipinski definition) is 7. The molecule has 2 heterocycles. The summed E-state index contributed by atoms with van der Waals surface area (Å²) in [6.45, 7) is 3.81. The van der Waals surface area contributed by atoms with Crippen LogP contribution in [0.5, 0.6) is 0 Å². The minimum absolute atomic E-state index is 0.0147. The maximum atomic E-state index is 12.2. The highest BCUT2D eigenvalue weighted by Gasteiger charge is 2.26. The fourth-order valence-corrected chi connectivity index (χ4v) is 2.34. The van der Waals surface area contributed by atoms with Crippen LogP contribution < -0.4 is 5.32 Å². The fourth-order valence-electron chi connectivity index (χ4n) is 2.34. The van der Waals surface area contributed by atoms with Crippen LogP contribution in [0, 0.1) is 16.0 Å². The number of furan rings is 1. The topological polar surface area (TPSA) is 124 Å². The van der Waals surface area contributed by atoms with E-state index in [0.717, 1.165) is 0 Å². The van der Waals surface area contributed by atoms with Crippen molar-refractivity contribution in [3.63, 3.8) is 0 Å². The number of nitrogens with one attached hydrogen (secondary N) is 1. The zero-order chi connectivity index (χ0) is 18.7. The van der Waals surface area contributed by atoms with Crippen LogP contribution in [-0.4, -0.2) is 21.0 Å². The van der Waals surface area contributed by atoms with E-state index < -0.39 is 11.0 Å². The number of amides is 1. The van der Waals surface area contributed by atoms with E-state index in [-0.39, 0.29) is 35.0 Å². The third-order valence-corrected chi connectivity index (χ3v) is 3.74. The summed E-state index contributed by atoms with van der Waals surface area (Å²) in [6.07, 6.45) is 1.42. The molecule has 1 unspecified atom stereocenters. The second kappa shape index (κ2) is 7.18. The van der Waals surface area contributed by atoms with Crippen molar-refractivity contribution in [1.29, 1.82) is 0 Å². The Morgan fingerprint density at radius 1 is 1.23 bits per heavy atom. The van der Waals surface area contributed by atoms with Gasteiger partial charge < -0.3 is 14.3 Å². The highest BCUT2D eigenvalue weighted by molar-refractivity contribution is 5.91. The molecule has 3 rings (SSSR count). The monoisotopic (exact) mass is 356 g/mol. The van der Waals surface area contributed by atoms with E-state index in [1.54, 1.807) is 24.3 Å². The number of nitrogens with zero attached hydrogens (tertiary/aromatic N) is 3. The number of rotatable bonds is 6. The Morgan fingerprint density at radius 2 is 1.96 bits per heavy atom. The SMILES string of the molecule is CC(C)C(NC(=O)c1ccco1)c1nc(-c2ccc([N+](=O)[O-])cc2)no1. The zero-order valence-corrected chi connectivity index (χ0v) is 14.1. The first-order chi connectivity index (χ1) is 12.5. The molecule has 3 aromatic rings. The van der Waals surface area contributed by atoms with Gasteiger partial charge in [-0.3, -0.25) is 14.9 Å². The maximum Gasteiger partial charge on any atom is 0.287 e. The molecule has 134 valence electrons. The molecule has 2 aromatic heterocycles. The van der Waals surface area contributed by atoms with Crippen LogP contribution >= 0.6 is 0 Å². The Bertz CT molecular complexity index is 900. The largest absolute Gasteiger partial charge is 0.459 e. The molecule has 0 saturated heterocycles. The quantitative estimate of drug-likeness (QED) is 0.530.